The molecule has 3 aromatic rings. The Morgan fingerprint density at radius 2 is 1.82 bits per heavy atom. The highest BCUT2D eigenvalue weighted by molar-refractivity contribution is 5.96. The summed E-state index contributed by atoms with van der Waals surface area (Å²) in [6.45, 7) is 4.37. The molecule has 1 amide bonds. The largest absolute Gasteiger partial charge is 0.490 e. The summed E-state index contributed by atoms with van der Waals surface area (Å²) >= 11 is 0. The first-order valence-electron chi connectivity index (χ1n) is 8.84. The second-order valence-corrected chi connectivity index (χ2v) is 5.82. The Labute approximate surface area is 161 Å². The summed E-state index contributed by atoms with van der Waals surface area (Å²) in [6, 6.07) is 13.4. The summed E-state index contributed by atoms with van der Waals surface area (Å²) in [6.07, 6.45) is 0. The molecule has 2 aromatic carbocycles. The van der Waals surface area contributed by atoms with E-state index >= 15 is 0 Å². The molecule has 1 heterocycles. The van der Waals surface area contributed by atoms with Crippen molar-refractivity contribution >= 4 is 28.5 Å². The second kappa shape index (κ2) is 8.39. The number of rotatable bonds is 6. The molecule has 0 radical (unpaired) electrons. The number of amides is 1. The first-order chi connectivity index (χ1) is 13.5. The van der Waals surface area contributed by atoms with Crippen molar-refractivity contribution in [3.63, 3.8) is 0 Å². The topological polar surface area (TPSA) is 104 Å². The van der Waals surface area contributed by atoms with Gasteiger partial charge in [-0.2, -0.15) is 0 Å². The number of fused-ring (bicyclic) bond motifs is 1. The highest BCUT2D eigenvalue weighted by atomic mass is 16.5. The summed E-state index contributed by atoms with van der Waals surface area (Å²) < 4.78 is 16.4. The molecule has 1 aromatic heterocycles. The maximum Gasteiger partial charge on any atom is 0.338 e. The number of carbonyl (C=O) groups excluding carboxylic acids is 2. The first kappa shape index (κ1) is 19.2. The van der Waals surface area contributed by atoms with Crippen molar-refractivity contribution in [2.45, 2.75) is 13.8 Å². The number of hydrogen-bond donors (Lipinski definition) is 1. The van der Waals surface area contributed by atoms with Gasteiger partial charge in [-0.25, -0.2) is 9.79 Å². The predicted octanol–water partition coefficient (Wildman–Crippen LogP) is 3.34. The Kier molecular flexibility index (Phi) is 5.74. The molecule has 3 rings (SSSR count). The summed E-state index contributed by atoms with van der Waals surface area (Å²) in [7, 11) is 0. The van der Waals surface area contributed by atoms with Crippen molar-refractivity contribution in [1.82, 2.24) is 0 Å². The number of hydrogen-bond acceptors (Lipinski definition) is 6. The summed E-state index contributed by atoms with van der Waals surface area (Å²) in [4.78, 5) is 28.0. The van der Waals surface area contributed by atoms with Gasteiger partial charge in [-0.3, -0.25) is 4.79 Å². The molecule has 0 aliphatic rings. The van der Waals surface area contributed by atoms with Crippen LogP contribution in [0.4, 0.5) is 5.69 Å². The van der Waals surface area contributed by atoms with Crippen LogP contribution in [0.3, 0.4) is 0 Å². The van der Waals surface area contributed by atoms with Crippen LogP contribution in [-0.4, -0.2) is 25.1 Å². The SMILES string of the molecule is CCOC(=O)c1ccc(N=c2oc3c(OCC)cccc3cc2C(N)=O)cc1. The van der Waals surface area contributed by atoms with E-state index in [0.29, 0.717) is 41.2 Å². The van der Waals surface area contributed by atoms with Gasteiger partial charge in [-0.15, -0.1) is 0 Å². The van der Waals surface area contributed by atoms with E-state index in [1.807, 2.05) is 6.92 Å². The zero-order valence-electron chi connectivity index (χ0n) is 15.6. The normalized spacial score (nSPS) is 11.4. The molecular weight excluding hydrogens is 360 g/mol. The molecule has 0 aliphatic heterocycles. The van der Waals surface area contributed by atoms with Gasteiger partial charge in [0.2, 0.25) is 5.55 Å². The molecule has 0 saturated carbocycles. The molecule has 0 bridgehead atoms. The van der Waals surface area contributed by atoms with E-state index < -0.39 is 11.9 Å². The number of ether oxygens (including phenoxy) is 2. The van der Waals surface area contributed by atoms with Crippen molar-refractivity contribution in [2.24, 2.45) is 10.7 Å². The number of nitrogens with zero attached hydrogens (tertiary/aromatic N) is 1. The van der Waals surface area contributed by atoms with Crippen LogP contribution in [0.15, 0.2) is 57.9 Å². The molecular formula is C21H20N2O5. The fraction of sp³-hybridized carbons (Fsp3) is 0.190. The second-order valence-electron chi connectivity index (χ2n) is 5.82. The molecule has 0 fully saturated rings. The van der Waals surface area contributed by atoms with Crippen LogP contribution in [0, 0.1) is 0 Å². The lowest BCUT2D eigenvalue weighted by molar-refractivity contribution is 0.0526. The Morgan fingerprint density at radius 1 is 1.07 bits per heavy atom. The van der Waals surface area contributed by atoms with Crippen LogP contribution in [0.5, 0.6) is 5.75 Å². The van der Waals surface area contributed by atoms with E-state index in [-0.39, 0.29) is 11.1 Å². The first-order valence-corrected chi connectivity index (χ1v) is 8.84. The van der Waals surface area contributed by atoms with E-state index in [1.54, 1.807) is 55.5 Å². The maximum atomic E-state index is 11.9. The fourth-order valence-corrected chi connectivity index (χ4v) is 2.66. The van der Waals surface area contributed by atoms with Crippen molar-refractivity contribution in [3.05, 3.63) is 65.2 Å². The van der Waals surface area contributed by atoms with Gasteiger partial charge >= 0.3 is 5.97 Å². The van der Waals surface area contributed by atoms with Crippen molar-refractivity contribution < 1.29 is 23.5 Å². The molecule has 7 nitrogen and oxygen atoms in total. The van der Waals surface area contributed by atoms with Gasteiger partial charge in [0.1, 0.15) is 5.56 Å². The maximum absolute atomic E-state index is 11.9. The molecule has 0 saturated heterocycles. The average molecular weight is 380 g/mol. The smallest absolute Gasteiger partial charge is 0.338 e. The van der Waals surface area contributed by atoms with Crippen LogP contribution >= 0.6 is 0 Å². The lowest BCUT2D eigenvalue weighted by Crippen LogP contribution is -2.21. The van der Waals surface area contributed by atoms with Crippen LogP contribution in [-0.2, 0) is 4.74 Å². The van der Waals surface area contributed by atoms with Gasteiger partial charge in [-0.1, -0.05) is 12.1 Å². The highest BCUT2D eigenvalue weighted by Gasteiger charge is 2.13. The fourth-order valence-electron chi connectivity index (χ4n) is 2.66. The number of nitrogens with two attached hydrogens (primary N) is 1. The lowest BCUT2D eigenvalue weighted by atomic mass is 10.1. The van der Waals surface area contributed by atoms with E-state index in [0.717, 1.165) is 0 Å². The molecule has 2 N–H and O–H groups in total. The standard InChI is InChI=1S/C21H20N2O5/c1-3-26-17-7-5-6-14-12-16(19(22)24)20(28-18(14)17)23-15-10-8-13(9-11-15)21(25)27-4-2/h5-12H,3-4H2,1-2H3,(H2,22,24). The van der Waals surface area contributed by atoms with Gasteiger partial charge in [0.05, 0.1) is 24.5 Å². The Hall–Kier alpha value is -3.61. The van der Waals surface area contributed by atoms with E-state index in [9.17, 15) is 9.59 Å². The zero-order valence-corrected chi connectivity index (χ0v) is 15.6. The van der Waals surface area contributed by atoms with Gasteiger partial charge in [0.25, 0.3) is 5.91 Å². The summed E-state index contributed by atoms with van der Waals surface area (Å²) in [5, 5.41) is 0.677. The molecule has 7 heteroatoms. The Bertz CT molecular complexity index is 1080. The van der Waals surface area contributed by atoms with Gasteiger partial charge in [-0.05, 0) is 50.2 Å². The molecule has 144 valence electrons. The minimum Gasteiger partial charge on any atom is -0.490 e. The van der Waals surface area contributed by atoms with Crippen LogP contribution in [0.1, 0.15) is 34.6 Å². The minimum absolute atomic E-state index is 0.0658. The molecule has 28 heavy (non-hydrogen) atoms. The zero-order chi connectivity index (χ0) is 20.1. The number of benzene rings is 2. The van der Waals surface area contributed by atoms with Crippen molar-refractivity contribution in [1.29, 1.82) is 0 Å². The van der Waals surface area contributed by atoms with E-state index in [4.69, 9.17) is 19.6 Å². The lowest BCUT2D eigenvalue weighted by Gasteiger charge is -2.07. The third-order valence-corrected chi connectivity index (χ3v) is 3.91. The third-order valence-electron chi connectivity index (χ3n) is 3.91. The number of esters is 1. The molecule has 0 spiro atoms. The highest BCUT2D eigenvalue weighted by Crippen LogP contribution is 2.25. The third kappa shape index (κ3) is 4.03. The Balaban J connectivity index is 2.12. The molecule has 0 atom stereocenters. The Morgan fingerprint density at radius 3 is 2.46 bits per heavy atom. The van der Waals surface area contributed by atoms with Crippen LogP contribution in [0.25, 0.3) is 11.0 Å². The number of para-hydroxylation sites is 1. The van der Waals surface area contributed by atoms with Crippen molar-refractivity contribution in [2.75, 3.05) is 13.2 Å². The van der Waals surface area contributed by atoms with Gasteiger partial charge in [0, 0.05) is 5.39 Å². The summed E-state index contributed by atoms with van der Waals surface area (Å²) in [5.74, 6) is -0.525. The number of primary amides is 1. The minimum atomic E-state index is -0.658. The van der Waals surface area contributed by atoms with Gasteiger partial charge in [0.15, 0.2) is 11.3 Å². The molecule has 0 aliphatic carbocycles. The monoisotopic (exact) mass is 380 g/mol. The predicted molar refractivity (Wildman–Crippen MR) is 104 cm³/mol. The van der Waals surface area contributed by atoms with E-state index in [1.165, 1.54) is 0 Å². The van der Waals surface area contributed by atoms with Crippen LogP contribution < -0.4 is 16.0 Å². The number of carbonyl (C=O) groups is 2. The van der Waals surface area contributed by atoms with Gasteiger partial charge < -0.3 is 19.6 Å². The summed E-state index contributed by atoms with van der Waals surface area (Å²) in [5.41, 5.74) is 7.09. The average Bonchev–Trinajstić information content (AvgIpc) is 2.69. The quantitative estimate of drug-likeness (QED) is 0.661. The van der Waals surface area contributed by atoms with Crippen molar-refractivity contribution in [3.8, 4) is 5.75 Å². The van der Waals surface area contributed by atoms with E-state index in [2.05, 4.69) is 4.99 Å². The molecule has 0 unspecified atom stereocenters. The van der Waals surface area contributed by atoms with Crippen LogP contribution in [0.2, 0.25) is 0 Å².